The molecule has 9 heteroatoms. The first kappa shape index (κ1) is 22.7. The minimum absolute atomic E-state index is 0.0182. The first-order valence-corrected chi connectivity index (χ1v) is 11.6. The van der Waals surface area contributed by atoms with E-state index in [4.69, 9.17) is 4.74 Å². The zero-order valence-electron chi connectivity index (χ0n) is 18.4. The molecule has 3 aromatic carbocycles. The lowest BCUT2D eigenvalue weighted by molar-refractivity contribution is -0.132. The molecule has 2 heterocycles. The van der Waals surface area contributed by atoms with Crippen molar-refractivity contribution in [1.29, 1.82) is 0 Å². The standard InChI is InChI=1S/C26H18F2N2O4S/c1-2-34-16-10-7-14(8-11-16)23(31)21-22(17-5-3-4-6-18(17)28)30(25(33)24(21)32)26-29-19-12-9-15(27)13-20(19)35-26/h3-13,22,31H,2H2,1H3. The van der Waals surface area contributed by atoms with E-state index in [0.717, 1.165) is 16.2 Å². The molecule has 1 atom stereocenters. The van der Waals surface area contributed by atoms with E-state index < -0.39 is 35.1 Å². The number of thiazole rings is 1. The highest BCUT2D eigenvalue weighted by molar-refractivity contribution is 7.22. The summed E-state index contributed by atoms with van der Waals surface area (Å²) in [6.07, 6.45) is 0. The van der Waals surface area contributed by atoms with E-state index in [-0.39, 0.29) is 21.8 Å². The molecule has 1 N–H and O–H groups in total. The van der Waals surface area contributed by atoms with Crippen LogP contribution in [0.5, 0.6) is 5.75 Å². The summed E-state index contributed by atoms with van der Waals surface area (Å²) >= 11 is 0.994. The highest BCUT2D eigenvalue weighted by Crippen LogP contribution is 2.45. The highest BCUT2D eigenvalue weighted by atomic mass is 32.1. The summed E-state index contributed by atoms with van der Waals surface area (Å²) in [6, 6.07) is 14.7. The number of aliphatic hydroxyl groups excluding tert-OH is 1. The minimum Gasteiger partial charge on any atom is -0.507 e. The van der Waals surface area contributed by atoms with Crippen molar-refractivity contribution >= 4 is 44.1 Å². The molecule has 5 rings (SSSR count). The maximum absolute atomic E-state index is 15.0. The number of carbonyl (C=O) groups excluding carboxylic acids is 2. The molecule has 1 unspecified atom stereocenters. The van der Waals surface area contributed by atoms with Gasteiger partial charge in [0.25, 0.3) is 5.78 Å². The second-order valence-corrected chi connectivity index (χ2v) is 8.77. The first-order chi connectivity index (χ1) is 16.9. The number of anilines is 1. The molecule has 0 bridgehead atoms. The SMILES string of the molecule is CCOc1ccc(C(O)=C2C(=O)C(=O)N(c3nc4ccc(F)cc4s3)C2c2ccccc2F)cc1. The van der Waals surface area contributed by atoms with Gasteiger partial charge in [0.1, 0.15) is 29.2 Å². The second-order valence-electron chi connectivity index (χ2n) is 7.76. The number of nitrogens with zero attached hydrogens (tertiary/aromatic N) is 2. The normalized spacial score (nSPS) is 17.3. The van der Waals surface area contributed by atoms with Crippen LogP contribution in [0.3, 0.4) is 0 Å². The number of Topliss-reactive ketones (excluding diaryl/α,β-unsaturated/α-hetero) is 1. The van der Waals surface area contributed by atoms with Gasteiger partial charge in [-0.15, -0.1) is 0 Å². The molecule has 1 aliphatic heterocycles. The van der Waals surface area contributed by atoms with Crippen molar-refractivity contribution in [3.05, 3.63) is 95.1 Å². The number of halogens is 2. The Morgan fingerprint density at radius 2 is 1.83 bits per heavy atom. The molecule has 1 aliphatic rings. The van der Waals surface area contributed by atoms with Crippen molar-refractivity contribution in [2.45, 2.75) is 13.0 Å². The molecule has 6 nitrogen and oxygen atoms in total. The van der Waals surface area contributed by atoms with Crippen LogP contribution < -0.4 is 9.64 Å². The van der Waals surface area contributed by atoms with Crippen LogP contribution in [0, 0.1) is 11.6 Å². The van der Waals surface area contributed by atoms with Crippen molar-refractivity contribution in [2.75, 3.05) is 11.5 Å². The molecule has 0 radical (unpaired) electrons. The van der Waals surface area contributed by atoms with Crippen molar-refractivity contribution in [3.8, 4) is 5.75 Å². The second kappa shape index (κ2) is 8.92. The maximum Gasteiger partial charge on any atom is 0.301 e. The molecule has 0 saturated carbocycles. The third-order valence-corrected chi connectivity index (χ3v) is 6.65. The number of hydrogen-bond donors (Lipinski definition) is 1. The van der Waals surface area contributed by atoms with Gasteiger partial charge in [-0.1, -0.05) is 29.5 Å². The number of hydrogen-bond acceptors (Lipinski definition) is 6. The number of carbonyl (C=O) groups is 2. The van der Waals surface area contributed by atoms with Gasteiger partial charge < -0.3 is 9.84 Å². The van der Waals surface area contributed by atoms with Gasteiger partial charge in [0.15, 0.2) is 5.13 Å². The first-order valence-electron chi connectivity index (χ1n) is 10.7. The Balaban J connectivity index is 1.70. The molecule has 0 spiro atoms. The number of aromatic nitrogens is 1. The number of rotatable bonds is 5. The van der Waals surface area contributed by atoms with Gasteiger partial charge in [0, 0.05) is 11.1 Å². The van der Waals surface area contributed by atoms with Crippen molar-refractivity contribution in [2.24, 2.45) is 0 Å². The Bertz CT molecular complexity index is 1500. The van der Waals surface area contributed by atoms with Crippen LogP contribution >= 0.6 is 11.3 Å². The van der Waals surface area contributed by atoms with Gasteiger partial charge in [-0.2, -0.15) is 0 Å². The molecule has 1 aromatic heterocycles. The number of amides is 1. The fraction of sp³-hybridized carbons (Fsp3) is 0.115. The Kier molecular flexibility index (Phi) is 5.78. The van der Waals surface area contributed by atoms with Gasteiger partial charge in [-0.3, -0.25) is 14.5 Å². The Hall–Kier alpha value is -4.11. The highest BCUT2D eigenvalue weighted by Gasteiger charge is 2.49. The predicted octanol–water partition coefficient (Wildman–Crippen LogP) is 5.60. The largest absolute Gasteiger partial charge is 0.507 e. The van der Waals surface area contributed by atoms with E-state index in [1.165, 1.54) is 36.4 Å². The van der Waals surface area contributed by atoms with Crippen LogP contribution in [-0.4, -0.2) is 28.4 Å². The van der Waals surface area contributed by atoms with Gasteiger partial charge in [0.05, 0.1) is 22.4 Å². The Morgan fingerprint density at radius 3 is 2.54 bits per heavy atom. The van der Waals surface area contributed by atoms with Crippen LogP contribution in [0.2, 0.25) is 0 Å². The Labute approximate surface area is 202 Å². The van der Waals surface area contributed by atoms with Gasteiger partial charge in [-0.05, 0) is 55.5 Å². The topological polar surface area (TPSA) is 79.7 Å². The third kappa shape index (κ3) is 3.93. The van der Waals surface area contributed by atoms with E-state index >= 15 is 0 Å². The van der Waals surface area contributed by atoms with Gasteiger partial charge >= 0.3 is 5.91 Å². The molecular weight excluding hydrogens is 474 g/mol. The fourth-order valence-corrected chi connectivity index (χ4v) is 5.06. The number of benzene rings is 3. The monoisotopic (exact) mass is 492 g/mol. The van der Waals surface area contributed by atoms with Crippen LogP contribution in [0.4, 0.5) is 13.9 Å². The summed E-state index contributed by atoms with van der Waals surface area (Å²) in [7, 11) is 0. The molecule has 4 aromatic rings. The lowest BCUT2D eigenvalue weighted by atomic mass is 9.95. The lowest BCUT2D eigenvalue weighted by Crippen LogP contribution is -2.29. The molecule has 1 amide bonds. The fourth-order valence-electron chi connectivity index (χ4n) is 4.04. The van der Waals surface area contributed by atoms with E-state index in [0.29, 0.717) is 22.6 Å². The summed E-state index contributed by atoms with van der Waals surface area (Å²) in [6.45, 7) is 2.29. The molecule has 1 fully saturated rings. The number of ether oxygens (including phenoxy) is 1. The van der Waals surface area contributed by atoms with E-state index in [9.17, 15) is 23.5 Å². The predicted molar refractivity (Wildman–Crippen MR) is 128 cm³/mol. The summed E-state index contributed by atoms with van der Waals surface area (Å²) in [5.41, 5.74) is 0.436. The minimum atomic E-state index is -1.27. The smallest absolute Gasteiger partial charge is 0.301 e. The van der Waals surface area contributed by atoms with Crippen LogP contribution in [0.25, 0.3) is 16.0 Å². The van der Waals surface area contributed by atoms with Gasteiger partial charge in [0.2, 0.25) is 0 Å². The average Bonchev–Trinajstić information content (AvgIpc) is 3.37. The van der Waals surface area contributed by atoms with Crippen molar-refractivity contribution < 1.29 is 28.2 Å². The summed E-state index contributed by atoms with van der Waals surface area (Å²) in [5.74, 6) is -2.96. The van der Waals surface area contributed by atoms with Crippen LogP contribution in [0.15, 0.2) is 72.3 Å². The summed E-state index contributed by atoms with van der Waals surface area (Å²) in [4.78, 5) is 31.9. The van der Waals surface area contributed by atoms with Crippen LogP contribution in [-0.2, 0) is 9.59 Å². The van der Waals surface area contributed by atoms with E-state index in [2.05, 4.69) is 4.98 Å². The lowest BCUT2D eigenvalue weighted by Gasteiger charge is -2.23. The number of fused-ring (bicyclic) bond motifs is 1. The molecular formula is C26H18F2N2O4S. The number of ketones is 1. The van der Waals surface area contributed by atoms with E-state index in [1.807, 2.05) is 6.92 Å². The number of aliphatic hydroxyl groups is 1. The third-order valence-electron chi connectivity index (χ3n) is 5.63. The maximum atomic E-state index is 15.0. The zero-order chi connectivity index (χ0) is 24.7. The Morgan fingerprint density at radius 1 is 1.09 bits per heavy atom. The van der Waals surface area contributed by atoms with Crippen LogP contribution in [0.1, 0.15) is 24.1 Å². The van der Waals surface area contributed by atoms with Crippen molar-refractivity contribution in [1.82, 2.24) is 4.98 Å². The molecule has 176 valence electrons. The zero-order valence-corrected chi connectivity index (χ0v) is 19.2. The average molecular weight is 493 g/mol. The van der Waals surface area contributed by atoms with E-state index in [1.54, 1.807) is 30.3 Å². The summed E-state index contributed by atoms with van der Waals surface area (Å²) in [5, 5.41) is 11.2. The summed E-state index contributed by atoms with van der Waals surface area (Å²) < 4.78 is 34.6. The quantitative estimate of drug-likeness (QED) is 0.223. The van der Waals surface area contributed by atoms with Gasteiger partial charge in [-0.25, -0.2) is 13.8 Å². The molecule has 1 saturated heterocycles. The molecule has 35 heavy (non-hydrogen) atoms. The van der Waals surface area contributed by atoms with Crippen molar-refractivity contribution in [3.63, 3.8) is 0 Å². The molecule has 0 aliphatic carbocycles.